The van der Waals surface area contributed by atoms with Crippen LogP contribution in [0.3, 0.4) is 0 Å². The van der Waals surface area contributed by atoms with E-state index in [0.717, 1.165) is 4.90 Å². The van der Waals surface area contributed by atoms with E-state index in [9.17, 15) is 14.4 Å². The summed E-state index contributed by atoms with van der Waals surface area (Å²) < 4.78 is 5.13. The quantitative estimate of drug-likeness (QED) is 0.481. The number of morpholine rings is 1. The smallest absolute Gasteiger partial charge is 0.248 e. The van der Waals surface area contributed by atoms with Crippen molar-refractivity contribution < 1.29 is 19.1 Å². The van der Waals surface area contributed by atoms with E-state index in [4.69, 9.17) is 4.74 Å². The van der Waals surface area contributed by atoms with Gasteiger partial charge in [0.2, 0.25) is 17.7 Å². The number of nitrogens with zero attached hydrogens (tertiary/aromatic N) is 2. The Hall–Kier alpha value is -1.69. The molecule has 0 N–H and O–H groups in total. The maximum atomic E-state index is 11.7. The van der Waals surface area contributed by atoms with E-state index in [-0.39, 0.29) is 30.6 Å². The number of rotatable bonds is 2. The summed E-state index contributed by atoms with van der Waals surface area (Å²) in [5, 5.41) is 0. The maximum absolute atomic E-state index is 11.7. The second-order valence-electron chi connectivity index (χ2n) is 3.91. The lowest BCUT2D eigenvalue weighted by atomic mass is 10.4. The molecule has 2 fully saturated rings. The lowest BCUT2D eigenvalue weighted by Gasteiger charge is -2.25. The molecule has 0 aromatic heterocycles. The molecule has 0 aromatic rings. The van der Waals surface area contributed by atoms with Gasteiger partial charge in [0.15, 0.2) is 0 Å². The zero-order valence-electron chi connectivity index (χ0n) is 9.42. The molecule has 92 valence electrons. The average Bonchev–Trinajstić information content (AvgIpc) is 2.67. The summed E-state index contributed by atoms with van der Waals surface area (Å²) in [4.78, 5) is 36.9. The van der Waals surface area contributed by atoms with Gasteiger partial charge >= 0.3 is 0 Å². The highest BCUT2D eigenvalue weighted by atomic mass is 16.5. The molecule has 2 saturated heterocycles. The second kappa shape index (κ2) is 5.09. The van der Waals surface area contributed by atoms with Crippen LogP contribution in [-0.2, 0) is 19.1 Å². The first-order valence-corrected chi connectivity index (χ1v) is 5.58. The SMILES string of the molecule is O=C(/C=C/N1C(=O)CCC1=O)N1CCOCC1. The van der Waals surface area contributed by atoms with E-state index < -0.39 is 0 Å². The molecule has 2 heterocycles. The van der Waals surface area contributed by atoms with Crippen LogP contribution < -0.4 is 0 Å². The van der Waals surface area contributed by atoms with Gasteiger partial charge < -0.3 is 9.64 Å². The lowest BCUT2D eigenvalue weighted by Crippen LogP contribution is -2.40. The highest BCUT2D eigenvalue weighted by Gasteiger charge is 2.27. The molecule has 0 saturated carbocycles. The molecule has 2 rings (SSSR count). The summed E-state index contributed by atoms with van der Waals surface area (Å²) in [6.45, 7) is 2.15. The molecular weight excluding hydrogens is 224 g/mol. The van der Waals surface area contributed by atoms with Gasteiger partial charge in [-0.3, -0.25) is 19.3 Å². The number of hydrogen-bond acceptors (Lipinski definition) is 4. The molecule has 0 aromatic carbocycles. The molecule has 0 bridgehead atoms. The van der Waals surface area contributed by atoms with Gasteiger partial charge in [-0.2, -0.15) is 0 Å². The number of carbonyl (C=O) groups excluding carboxylic acids is 3. The van der Waals surface area contributed by atoms with Crippen molar-refractivity contribution >= 4 is 17.7 Å². The van der Waals surface area contributed by atoms with E-state index in [1.807, 2.05) is 0 Å². The van der Waals surface area contributed by atoms with Crippen molar-refractivity contribution in [3.05, 3.63) is 12.3 Å². The molecule has 6 nitrogen and oxygen atoms in total. The Morgan fingerprint density at radius 2 is 1.71 bits per heavy atom. The molecule has 2 aliphatic rings. The molecule has 0 unspecified atom stereocenters. The second-order valence-corrected chi connectivity index (χ2v) is 3.91. The fourth-order valence-electron chi connectivity index (χ4n) is 1.79. The van der Waals surface area contributed by atoms with Crippen molar-refractivity contribution in [2.45, 2.75) is 12.8 Å². The van der Waals surface area contributed by atoms with Crippen molar-refractivity contribution in [2.75, 3.05) is 26.3 Å². The molecule has 17 heavy (non-hydrogen) atoms. The highest BCUT2D eigenvalue weighted by molar-refractivity contribution is 6.03. The van der Waals surface area contributed by atoms with Crippen LogP contribution in [-0.4, -0.2) is 53.8 Å². The summed E-state index contributed by atoms with van der Waals surface area (Å²) in [6.07, 6.45) is 3.01. The van der Waals surface area contributed by atoms with Crippen molar-refractivity contribution in [1.29, 1.82) is 0 Å². The van der Waals surface area contributed by atoms with E-state index in [2.05, 4.69) is 0 Å². The standard InChI is InChI=1S/C11H14N2O4/c14-9(12-5-7-17-8-6-12)3-4-13-10(15)1-2-11(13)16/h3-4H,1-2,5-8H2/b4-3+. The Kier molecular flexibility index (Phi) is 3.53. The van der Waals surface area contributed by atoms with Crippen molar-refractivity contribution in [3.8, 4) is 0 Å². The van der Waals surface area contributed by atoms with E-state index in [1.54, 1.807) is 4.90 Å². The van der Waals surface area contributed by atoms with Crippen LogP contribution in [0.4, 0.5) is 0 Å². The minimum atomic E-state index is -0.249. The number of likely N-dealkylation sites (tertiary alicyclic amines) is 1. The zero-order chi connectivity index (χ0) is 12.3. The Bertz CT molecular complexity index is 356. The average molecular weight is 238 g/mol. The van der Waals surface area contributed by atoms with Gasteiger partial charge in [-0.1, -0.05) is 0 Å². The first-order chi connectivity index (χ1) is 8.18. The van der Waals surface area contributed by atoms with Gasteiger partial charge in [0.1, 0.15) is 0 Å². The van der Waals surface area contributed by atoms with Crippen LogP contribution >= 0.6 is 0 Å². The van der Waals surface area contributed by atoms with E-state index >= 15 is 0 Å². The van der Waals surface area contributed by atoms with Gasteiger partial charge in [-0.15, -0.1) is 0 Å². The lowest BCUT2D eigenvalue weighted by molar-refractivity contribution is -0.135. The molecule has 2 aliphatic heterocycles. The third-order valence-corrected chi connectivity index (χ3v) is 2.78. The van der Waals surface area contributed by atoms with Crippen LogP contribution in [0.2, 0.25) is 0 Å². The third kappa shape index (κ3) is 2.71. The molecule has 0 aliphatic carbocycles. The normalized spacial score (nSPS) is 21.6. The molecular formula is C11H14N2O4. The van der Waals surface area contributed by atoms with E-state index in [0.29, 0.717) is 26.3 Å². The minimum absolute atomic E-state index is 0.194. The third-order valence-electron chi connectivity index (χ3n) is 2.78. The Labute approximate surface area is 98.8 Å². The van der Waals surface area contributed by atoms with Crippen LogP contribution in [0, 0.1) is 0 Å². The summed E-state index contributed by atoms with van der Waals surface area (Å²) in [6, 6.07) is 0. The van der Waals surface area contributed by atoms with E-state index in [1.165, 1.54) is 12.3 Å². The summed E-state index contributed by atoms with van der Waals surface area (Å²) >= 11 is 0. The molecule has 0 spiro atoms. The van der Waals surface area contributed by atoms with Crippen molar-refractivity contribution in [2.24, 2.45) is 0 Å². The van der Waals surface area contributed by atoms with Crippen LogP contribution in [0.1, 0.15) is 12.8 Å². The summed E-state index contributed by atoms with van der Waals surface area (Å²) in [7, 11) is 0. The van der Waals surface area contributed by atoms with Gasteiger partial charge in [-0.25, -0.2) is 0 Å². The number of amides is 3. The van der Waals surface area contributed by atoms with Crippen LogP contribution in [0.25, 0.3) is 0 Å². The zero-order valence-corrected chi connectivity index (χ0v) is 9.42. The maximum Gasteiger partial charge on any atom is 0.248 e. The summed E-state index contributed by atoms with van der Waals surface area (Å²) in [5.41, 5.74) is 0. The largest absolute Gasteiger partial charge is 0.378 e. The van der Waals surface area contributed by atoms with Crippen molar-refractivity contribution in [3.63, 3.8) is 0 Å². The van der Waals surface area contributed by atoms with Gasteiger partial charge in [0.05, 0.1) is 13.2 Å². The Morgan fingerprint density at radius 3 is 2.29 bits per heavy atom. The predicted octanol–water partition coefficient (Wildman–Crippen LogP) is -0.492. The van der Waals surface area contributed by atoms with Gasteiger partial charge in [-0.05, 0) is 0 Å². The minimum Gasteiger partial charge on any atom is -0.378 e. The monoisotopic (exact) mass is 238 g/mol. The Morgan fingerprint density at radius 1 is 1.12 bits per heavy atom. The topological polar surface area (TPSA) is 66.9 Å². The Balaban J connectivity index is 1.93. The van der Waals surface area contributed by atoms with Gasteiger partial charge in [0, 0.05) is 38.2 Å². The van der Waals surface area contributed by atoms with Crippen molar-refractivity contribution in [1.82, 2.24) is 9.80 Å². The highest BCUT2D eigenvalue weighted by Crippen LogP contribution is 2.12. The predicted molar refractivity (Wildman–Crippen MR) is 57.6 cm³/mol. The molecule has 6 heteroatoms. The number of hydrogen-bond donors (Lipinski definition) is 0. The molecule has 0 radical (unpaired) electrons. The van der Waals surface area contributed by atoms with Gasteiger partial charge in [0.25, 0.3) is 0 Å². The fourth-order valence-corrected chi connectivity index (χ4v) is 1.79. The fraction of sp³-hybridized carbons (Fsp3) is 0.545. The molecule has 0 atom stereocenters. The first kappa shape index (κ1) is 11.8. The number of imide groups is 1. The van der Waals surface area contributed by atoms with Crippen LogP contribution in [0.15, 0.2) is 12.3 Å². The first-order valence-electron chi connectivity index (χ1n) is 5.58. The van der Waals surface area contributed by atoms with Crippen LogP contribution in [0.5, 0.6) is 0 Å². The number of ether oxygens (including phenoxy) is 1. The summed E-state index contributed by atoms with van der Waals surface area (Å²) in [5.74, 6) is -0.692. The molecule has 3 amide bonds. The number of carbonyl (C=O) groups is 3.